The van der Waals surface area contributed by atoms with Crippen LogP contribution in [0, 0.1) is 5.92 Å². The van der Waals surface area contributed by atoms with Crippen molar-refractivity contribution in [2.75, 3.05) is 39.7 Å². The lowest BCUT2D eigenvalue weighted by atomic mass is 9.98. The Morgan fingerprint density at radius 2 is 2.33 bits per heavy atom. The van der Waals surface area contributed by atoms with E-state index in [1.54, 1.807) is 0 Å². The van der Waals surface area contributed by atoms with Crippen LogP contribution in [0.1, 0.15) is 12.8 Å². The van der Waals surface area contributed by atoms with E-state index < -0.39 is 0 Å². The summed E-state index contributed by atoms with van der Waals surface area (Å²) in [6.07, 6.45) is 2.71. The molecule has 1 fully saturated rings. The monoisotopic (exact) mass is 190 g/mol. The van der Waals surface area contributed by atoms with Gasteiger partial charge in [-0.25, -0.2) is 0 Å². The van der Waals surface area contributed by atoms with Gasteiger partial charge < -0.3 is 4.90 Å². The summed E-state index contributed by atoms with van der Waals surface area (Å²) < 4.78 is 0. The van der Waals surface area contributed by atoms with Crippen LogP contribution in [0.3, 0.4) is 0 Å². The molecule has 0 amide bonds. The number of hydrogen-bond donors (Lipinski definition) is 0. The Hall–Kier alpha value is 0.210. The van der Waals surface area contributed by atoms with Gasteiger partial charge in [-0.3, -0.25) is 4.90 Å². The Labute approximate surface area is 80.5 Å². The van der Waals surface area contributed by atoms with Gasteiger partial charge in [-0.15, -0.1) is 11.6 Å². The quantitative estimate of drug-likeness (QED) is 0.491. The van der Waals surface area contributed by atoms with Gasteiger partial charge in [0.05, 0.1) is 6.00 Å². The minimum absolute atomic E-state index is 0.653. The zero-order valence-electron chi connectivity index (χ0n) is 8.09. The molecule has 1 atom stereocenters. The fourth-order valence-electron chi connectivity index (χ4n) is 1.91. The van der Waals surface area contributed by atoms with E-state index >= 15 is 0 Å². The maximum Gasteiger partial charge on any atom is 0.0736 e. The van der Waals surface area contributed by atoms with Gasteiger partial charge in [0.25, 0.3) is 0 Å². The summed E-state index contributed by atoms with van der Waals surface area (Å²) in [7, 11) is 4.29. The molecule has 0 aromatic carbocycles. The molecule has 1 saturated heterocycles. The van der Waals surface area contributed by atoms with E-state index in [1.165, 1.54) is 25.9 Å². The normalized spacial score (nSPS) is 26.5. The molecule has 12 heavy (non-hydrogen) atoms. The first-order valence-electron chi connectivity index (χ1n) is 4.65. The van der Waals surface area contributed by atoms with Crippen molar-refractivity contribution in [2.45, 2.75) is 12.8 Å². The van der Waals surface area contributed by atoms with Crippen molar-refractivity contribution in [3.8, 4) is 0 Å². The fraction of sp³-hybridized carbons (Fsp3) is 1.00. The number of piperidine rings is 1. The lowest BCUT2D eigenvalue weighted by Crippen LogP contribution is -2.37. The molecular formula is C9H19ClN2. The Balaban J connectivity index is 2.22. The van der Waals surface area contributed by atoms with E-state index in [9.17, 15) is 0 Å². The second kappa shape index (κ2) is 5.05. The summed E-state index contributed by atoms with van der Waals surface area (Å²) in [4.78, 5) is 4.60. The van der Waals surface area contributed by atoms with Crippen molar-refractivity contribution in [1.82, 2.24) is 9.80 Å². The second-order valence-electron chi connectivity index (χ2n) is 3.93. The highest BCUT2D eigenvalue weighted by atomic mass is 35.5. The molecule has 1 heterocycles. The SMILES string of the molecule is CN(CCl)CC1CCCN(C)C1. The first kappa shape index (κ1) is 10.3. The van der Waals surface area contributed by atoms with Crippen molar-refractivity contribution in [1.29, 1.82) is 0 Å². The van der Waals surface area contributed by atoms with Crippen molar-refractivity contribution >= 4 is 11.6 Å². The minimum Gasteiger partial charge on any atom is -0.306 e. The summed E-state index contributed by atoms with van der Waals surface area (Å²) in [5.74, 6) is 0.826. The van der Waals surface area contributed by atoms with Crippen LogP contribution >= 0.6 is 11.6 Å². The van der Waals surface area contributed by atoms with Crippen LogP contribution in [0.2, 0.25) is 0 Å². The largest absolute Gasteiger partial charge is 0.306 e. The van der Waals surface area contributed by atoms with Crippen molar-refractivity contribution < 1.29 is 0 Å². The molecule has 0 aromatic rings. The fourth-order valence-corrected chi connectivity index (χ4v) is 2.01. The third-order valence-electron chi connectivity index (χ3n) is 2.50. The highest BCUT2D eigenvalue weighted by Crippen LogP contribution is 2.15. The molecule has 1 unspecified atom stereocenters. The third kappa shape index (κ3) is 3.30. The van der Waals surface area contributed by atoms with Crippen LogP contribution in [-0.2, 0) is 0 Å². The van der Waals surface area contributed by atoms with Gasteiger partial charge in [-0.1, -0.05) is 0 Å². The zero-order valence-corrected chi connectivity index (χ0v) is 8.85. The van der Waals surface area contributed by atoms with Crippen LogP contribution in [-0.4, -0.2) is 49.5 Å². The van der Waals surface area contributed by atoms with E-state index in [0.717, 1.165) is 12.5 Å². The molecule has 0 radical (unpaired) electrons. The molecule has 0 aromatic heterocycles. The molecule has 3 heteroatoms. The second-order valence-corrected chi connectivity index (χ2v) is 4.17. The molecule has 0 aliphatic carbocycles. The van der Waals surface area contributed by atoms with Gasteiger partial charge in [-0.2, -0.15) is 0 Å². The summed E-state index contributed by atoms with van der Waals surface area (Å²) in [5, 5.41) is 0. The Kier molecular flexibility index (Phi) is 4.33. The van der Waals surface area contributed by atoms with Gasteiger partial charge in [-0.05, 0) is 39.4 Å². The highest BCUT2D eigenvalue weighted by molar-refractivity contribution is 6.17. The Bertz CT molecular complexity index is 130. The maximum atomic E-state index is 5.72. The van der Waals surface area contributed by atoms with Gasteiger partial charge >= 0.3 is 0 Å². The summed E-state index contributed by atoms with van der Waals surface area (Å²) in [6.45, 7) is 3.65. The minimum atomic E-state index is 0.653. The third-order valence-corrected chi connectivity index (χ3v) is 2.90. The number of nitrogens with zero attached hydrogens (tertiary/aromatic N) is 2. The summed E-state index contributed by atoms with van der Waals surface area (Å²) >= 11 is 5.72. The van der Waals surface area contributed by atoms with Gasteiger partial charge in [0, 0.05) is 13.1 Å². The summed E-state index contributed by atoms with van der Waals surface area (Å²) in [6, 6.07) is 0.653. The lowest BCUT2D eigenvalue weighted by molar-refractivity contribution is 0.175. The molecule has 1 aliphatic heterocycles. The lowest BCUT2D eigenvalue weighted by Gasteiger charge is -2.31. The van der Waals surface area contributed by atoms with Gasteiger partial charge in [0.15, 0.2) is 0 Å². The van der Waals surface area contributed by atoms with Crippen LogP contribution in [0.4, 0.5) is 0 Å². The van der Waals surface area contributed by atoms with Crippen molar-refractivity contribution in [2.24, 2.45) is 5.92 Å². The molecule has 2 nitrogen and oxygen atoms in total. The van der Waals surface area contributed by atoms with Crippen LogP contribution in [0.15, 0.2) is 0 Å². The Morgan fingerprint density at radius 1 is 1.58 bits per heavy atom. The molecule has 0 spiro atoms. The maximum absolute atomic E-state index is 5.72. The zero-order chi connectivity index (χ0) is 8.97. The molecule has 72 valence electrons. The first-order chi connectivity index (χ1) is 5.72. The standard InChI is InChI=1S/C9H19ClN2/c1-11-5-3-4-9(6-11)7-12(2)8-10/h9H,3-8H2,1-2H3. The van der Waals surface area contributed by atoms with E-state index in [1.807, 2.05) is 0 Å². The number of rotatable bonds is 3. The smallest absolute Gasteiger partial charge is 0.0736 e. The van der Waals surface area contributed by atoms with Gasteiger partial charge in [0.1, 0.15) is 0 Å². The predicted molar refractivity (Wildman–Crippen MR) is 53.6 cm³/mol. The number of hydrogen-bond acceptors (Lipinski definition) is 2. The van der Waals surface area contributed by atoms with Crippen molar-refractivity contribution in [3.63, 3.8) is 0 Å². The van der Waals surface area contributed by atoms with E-state index in [2.05, 4.69) is 23.9 Å². The van der Waals surface area contributed by atoms with E-state index in [0.29, 0.717) is 6.00 Å². The highest BCUT2D eigenvalue weighted by Gasteiger charge is 2.17. The first-order valence-corrected chi connectivity index (χ1v) is 5.19. The molecular weight excluding hydrogens is 172 g/mol. The van der Waals surface area contributed by atoms with Crippen LogP contribution in [0.25, 0.3) is 0 Å². The molecule has 0 bridgehead atoms. The molecule has 1 aliphatic rings. The molecule has 0 saturated carbocycles. The van der Waals surface area contributed by atoms with Crippen LogP contribution < -0.4 is 0 Å². The van der Waals surface area contributed by atoms with Crippen LogP contribution in [0.5, 0.6) is 0 Å². The van der Waals surface area contributed by atoms with Gasteiger partial charge in [0.2, 0.25) is 0 Å². The van der Waals surface area contributed by atoms with E-state index in [-0.39, 0.29) is 0 Å². The predicted octanol–water partition coefficient (Wildman–Crippen LogP) is 1.46. The Morgan fingerprint density at radius 3 is 2.92 bits per heavy atom. The molecule has 0 N–H and O–H groups in total. The van der Waals surface area contributed by atoms with Crippen molar-refractivity contribution in [3.05, 3.63) is 0 Å². The number of likely N-dealkylation sites (tertiary alicyclic amines) is 1. The number of halogens is 1. The topological polar surface area (TPSA) is 6.48 Å². The average molecular weight is 191 g/mol. The van der Waals surface area contributed by atoms with E-state index in [4.69, 9.17) is 11.6 Å². The summed E-state index contributed by atoms with van der Waals surface area (Å²) in [5.41, 5.74) is 0. The average Bonchev–Trinajstić information content (AvgIpc) is 2.04. The molecule has 1 rings (SSSR count). The number of alkyl halides is 1.